The van der Waals surface area contributed by atoms with Crippen LogP contribution in [0.1, 0.15) is 17.3 Å². The molecule has 3 aromatic rings. The first kappa shape index (κ1) is 21.7. The van der Waals surface area contributed by atoms with Crippen LogP contribution >= 0.6 is 0 Å². The van der Waals surface area contributed by atoms with Crippen LogP contribution in [0.3, 0.4) is 0 Å². The third-order valence-corrected chi connectivity index (χ3v) is 5.14. The lowest BCUT2D eigenvalue weighted by Gasteiger charge is -2.35. The normalized spacial score (nSPS) is 14.7. The van der Waals surface area contributed by atoms with Crippen LogP contribution in [0, 0.1) is 6.92 Å². The molecule has 0 aliphatic carbocycles. The van der Waals surface area contributed by atoms with Gasteiger partial charge in [0.15, 0.2) is 0 Å². The molecule has 3 aromatic heterocycles. The van der Waals surface area contributed by atoms with Gasteiger partial charge in [-0.15, -0.1) is 0 Å². The van der Waals surface area contributed by atoms with Crippen molar-refractivity contribution in [2.45, 2.75) is 19.6 Å². The molecule has 4 rings (SSSR count). The van der Waals surface area contributed by atoms with E-state index in [0.717, 1.165) is 11.9 Å². The van der Waals surface area contributed by atoms with E-state index in [-0.39, 0.29) is 18.3 Å². The molecule has 0 aromatic carbocycles. The monoisotopic (exact) mass is 450 g/mol. The number of piperazine rings is 1. The van der Waals surface area contributed by atoms with E-state index >= 15 is 0 Å². The summed E-state index contributed by atoms with van der Waals surface area (Å²) in [6, 6.07) is 7.57. The third kappa shape index (κ3) is 4.53. The van der Waals surface area contributed by atoms with Gasteiger partial charge in [0.05, 0.1) is 13.7 Å². The molecule has 1 saturated heterocycles. The summed E-state index contributed by atoms with van der Waals surface area (Å²) in [7, 11) is 1.56. The Balaban J connectivity index is 1.45. The molecule has 0 bridgehead atoms. The predicted molar refractivity (Wildman–Crippen MR) is 109 cm³/mol. The maximum atomic E-state index is 12.7. The largest absolute Gasteiger partial charge is 0.481 e. The quantitative estimate of drug-likeness (QED) is 0.585. The molecule has 12 heteroatoms. The van der Waals surface area contributed by atoms with Crippen molar-refractivity contribution in [3.8, 4) is 5.88 Å². The number of alkyl halides is 3. The average Bonchev–Trinajstić information content (AvgIpc) is 3.26. The van der Waals surface area contributed by atoms with Crippen molar-refractivity contribution in [1.29, 1.82) is 0 Å². The van der Waals surface area contributed by atoms with Gasteiger partial charge in [-0.3, -0.25) is 4.57 Å². The molecule has 9 nitrogen and oxygen atoms in total. The van der Waals surface area contributed by atoms with Crippen molar-refractivity contribution >= 4 is 11.8 Å². The first-order chi connectivity index (χ1) is 15.2. The van der Waals surface area contributed by atoms with Crippen LogP contribution in [-0.2, 0) is 12.7 Å². The van der Waals surface area contributed by atoms with Crippen LogP contribution in [0.2, 0.25) is 0 Å². The molecule has 0 spiro atoms. The lowest BCUT2D eigenvalue weighted by molar-refractivity contribution is -0.153. The van der Waals surface area contributed by atoms with E-state index in [1.807, 2.05) is 17.0 Å². The molecule has 170 valence electrons. The molecule has 0 amide bonds. The minimum absolute atomic E-state index is 0.00159. The number of nitrogens with zero attached hydrogens (tertiary/aromatic N) is 6. The van der Waals surface area contributed by atoms with E-state index in [0.29, 0.717) is 37.9 Å². The molecule has 0 saturated carbocycles. The second kappa shape index (κ2) is 8.52. The molecular formula is C20H21F3N6O3. The summed E-state index contributed by atoms with van der Waals surface area (Å²) in [5.41, 5.74) is -0.602. The van der Waals surface area contributed by atoms with Gasteiger partial charge >= 0.3 is 11.9 Å². The molecule has 1 aliphatic heterocycles. The summed E-state index contributed by atoms with van der Waals surface area (Å²) in [4.78, 5) is 29.4. The van der Waals surface area contributed by atoms with Gasteiger partial charge < -0.3 is 19.0 Å². The number of furan rings is 1. The summed E-state index contributed by atoms with van der Waals surface area (Å²) >= 11 is 0. The summed E-state index contributed by atoms with van der Waals surface area (Å²) in [5, 5.41) is 0. The minimum Gasteiger partial charge on any atom is -0.481 e. The van der Waals surface area contributed by atoms with Gasteiger partial charge in [0, 0.05) is 32.2 Å². The fourth-order valence-electron chi connectivity index (χ4n) is 3.44. The molecule has 1 aliphatic rings. The number of aryl methyl sites for hydroxylation is 1. The second-order valence-corrected chi connectivity index (χ2v) is 7.22. The summed E-state index contributed by atoms with van der Waals surface area (Å²) in [5.74, 6) is 0.844. The van der Waals surface area contributed by atoms with E-state index in [1.165, 1.54) is 10.6 Å². The van der Waals surface area contributed by atoms with E-state index < -0.39 is 17.6 Å². The maximum Gasteiger partial charge on any atom is 0.449 e. The smallest absolute Gasteiger partial charge is 0.449 e. The highest BCUT2D eigenvalue weighted by atomic mass is 19.4. The predicted octanol–water partition coefficient (Wildman–Crippen LogP) is 2.34. The zero-order valence-corrected chi connectivity index (χ0v) is 17.5. The van der Waals surface area contributed by atoms with Crippen LogP contribution in [0.4, 0.5) is 24.9 Å². The van der Waals surface area contributed by atoms with Crippen molar-refractivity contribution in [2.75, 3.05) is 43.1 Å². The molecule has 0 radical (unpaired) electrons. The Bertz CT molecular complexity index is 1150. The first-order valence-electron chi connectivity index (χ1n) is 9.87. The number of methoxy groups -OCH3 is 1. The SMILES string of the molecule is COc1cccc(N2CCN(c3nc(C)n(Cc4ccc(C(F)(F)F)o4)c(=O)n3)CC2)n1. The number of hydrogen-bond acceptors (Lipinski definition) is 8. The van der Waals surface area contributed by atoms with E-state index in [1.54, 1.807) is 20.1 Å². The van der Waals surface area contributed by atoms with E-state index in [2.05, 4.69) is 19.9 Å². The molecule has 0 unspecified atom stereocenters. The number of halogens is 3. The fraction of sp³-hybridized carbons (Fsp3) is 0.400. The van der Waals surface area contributed by atoms with Crippen LogP contribution in [0.5, 0.6) is 5.88 Å². The van der Waals surface area contributed by atoms with Gasteiger partial charge in [0.1, 0.15) is 17.4 Å². The number of rotatable bonds is 5. The van der Waals surface area contributed by atoms with Crippen molar-refractivity contribution in [3.63, 3.8) is 0 Å². The maximum absolute atomic E-state index is 12.7. The Labute approximate surface area is 181 Å². The van der Waals surface area contributed by atoms with E-state index in [4.69, 9.17) is 9.15 Å². The van der Waals surface area contributed by atoms with Crippen LogP contribution < -0.4 is 20.2 Å². The van der Waals surface area contributed by atoms with Crippen molar-refractivity contribution in [2.24, 2.45) is 0 Å². The van der Waals surface area contributed by atoms with Crippen LogP contribution in [0.25, 0.3) is 0 Å². The Morgan fingerprint density at radius 1 is 1.03 bits per heavy atom. The van der Waals surface area contributed by atoms with Crippen molar-refractivity contribution in [1.82, 2.24) is 19.5 Å². The summed E-state index contributed by atoms with van der Waals surface area (Å²) < 4.78 is 49.3. The van der Waals surface area contributed by atoms with Gasteiger partial charge in [-0.05, 0) is 25.1 Å². The van der Waals surface area contributed by atoms with Gasteiger partial charge in [-0.25, -0.2) is 4.79 Å². The number of ether oxygens (including phenoxy) is 1. The Hall–Kier alpha value is -3.57. The van der Waals surface area contributed by atoms with Gasteiger partial charge in [-0.2, -0.15) is 28.1 Å². The Kier molecular flexibility index (Phi) is 5.76. The van der Waals surface area contributed by atoms with E-state index in [9.17, 15) is 18.0 Å². The lowest BCUT2D eigenvalue weighted by atomic mass is 10.3. The van der Waals surface area contributed by atoms with Gasteiger partial charge in [0.25, 0.3) is 0 Å². The average molecular weight is 450 g/mol. The standard InChI is InChI=1S/C20H21F3N6O3/c1-13-24-18(26-19(30)29(13)12-14-6-7-15(32-14)20(21,22)23)28-10-8-27(9-11-28)16-4-3-5-17(25-16)31-2/h3-7H,8-12H2,1-2H3. The molecule has 0 atom stereocenters. The van der Waals surface area contributed by atoms with Crippen LogP contribution in [0.15, 0.2) is 39.5 Å². The fourth-order valence-corrected chi connectivity index (χ4v) is 3.44. The van der Waals surface area contributed by atoms with Crippen LogP contribution in [-0.4, -0.2) is 52.8 Å². The topological polar surface area (TPSA) is 89.5 Å². The van der Waals surface area contributed by atoms with Crippen molar-refractivity contribution in [3.05, 3.63) is 58.2 Å². The highest BCUT2D eigenvalue weighted by molar-refractivity contribution is 5.43. The second-order valence-electron chi connectivity index (χ2n) is 7.22. The number of hydrogen-bond donors (Lipinski definition) is 0. The zero-order chi connectivity index (χ0) is 22.9. The molecule has 4 heterocycles. The first-order valence-corrected chi connectivity index (χ1v) is 9.87. The number of aromatic nitrogens is 4. The number of anilines is 2. The third-order valence-electron chi connectivity index (χ3n) is 5.14. The lowest BCUT2D eigenvalue weighted by Crippen LogP contribution is -2.48. The summed E-state index contributed by atoms with van der Waals surface area (Å²) in [6.45, 7) is 3.88. The molecule has 0 N–H and O–H groups in total. The molecule has 1 fully saturated rings. The Morgan fingerprint density at radius 2 is 1.75 bits per heavy atom. The molecule has 32 heavy (non-hydrogen) atoms. The highest BCUT2D eigenvalue weighted by Crippen LogP contribution is 2.30. The zero-order valence-electron chi connectivity index (χ0n) is 17.5. The Morgan fingerprint density at radius 3 is 2.38 bits per heavy atom. The van der Waals surface area contributed by atoms with Crippen molar-refractivity contribution < 1.29 is 22.3 Å². The summed E-state index contributed by atoms with van der Waals surface area (Å²) in [6.07, 6.45) is -4.58. The minimum atomic E-state index is -4.58. The number of pyridine rings is 1. The van der Waals surface area contributed by atoms with Gasteiger partial charge in [0.2, 0.25) is 17.6 Å². The highest BCUT2D eigenvalue weighted by Gasteiger charge is 2.34. The van der Waals surface area contributed by atoms with Gasteiger partial charge in [-0.1, -0.05) is 6.07 Å². The molecular weight excluding hydrogens is 429 g/mol.